The first-order valence-electron chi connectivity index (χ1n) is 13.8. The summed E-state index contributed by atoms with van der Waals surface area (Å²) in [5.41, 5.74) is -2.22. The number of cyclic esters (lactones) is 1. The second-order valence-electron chi connectivity index (χ2n) is 12.0. The summed E-state index contributed by atoms with van der Waals surface area (Å²) in [4.78, 5) is 39.1. The van der Waals surface area contributed by atoms with Crippen LogP contribution >= 0.6 is 0 Å². The predicted molar refractivity (Wildman–Crippen MR) is 134 cm³/mol. The van der Waals surface area contributed by atoms with Crippen molar-refractivity contribution in [3.63, 3.8) is 0 Å². The van der Waals surface area contributed by atoms with E-state index in [0.29, 0.717) is 25.0 Å². The van der Waals surface area contributed by atoms with Crippen molar-refractivity contribution in [2.45, 2.75) is 88.0 Å². The third-order valence-electron chi connectivity index (χ3n) is 10.3. The van der Waals surface area contributed by atoms with Gasteiger partial charge in [0.2, 0.25) is 0 Å². The number of allylic oxidation sites excluding steroid dienone is 2. The molecule has 2 spiro atoms. The molecular formula is C29H36O10. The molecule has 6 rings (SSSR count). The monoisotopic (exact) mass is 544 g/mol. The van der Waals surface area contributed by atoms with E-state index in [1.54, 1.807) is 6.08 Å². The summed E-state index contributed by atoms with van der Waals surface area (Å²) in [6.07, 6.45) is 6.04. The zero-order valence-corrected chi connectivity index (χ0v) is 22.4. The molecular weight excluding hydrogens is 508 g/mol. The van der Waals surface area contributed by atoms with Crippen LogP contribution in [0.3, 0.4) is 0 Å². The first-order valence-corrected chi connectivity index (χ1v) is 13.8. The number of hydrogen-bond acceptors (Lipinski definition) is 10. The molecule has 2 aliphatic carbocycles. The van der Waals surface area contributed by atoms with E-state index in [1.807, 2.05) is 0 Å². The molecule has 10 nitrogen and oxygen atoms in total. The summed E-state index contributed by atoms with van der Waals surface area (Å²) < 4.78 is 30.5. The number of esters is 2. The summed E-state index contributed by atoms with van der Waals surface area (Å²) in [7, 11) is 0. The van der Waals surface area contributed by atoms with Gasteiger partial charge in [0.05, 0.1) is 30.8 Å². The molecule has 0 unspecified atom stereocenters. The Bertz CT molecular complexity index is 1170. The average molecular weight is 545 g/mol. The average Bonchev–Trinajstić information content (AvgIpc) is 3.69. The second-order valence-corrected chi connectivity index (χ2v) is 12.0. The Hall–Kier alpha value is -2.37. The zero-order chi connectivity index (χ0) is 27.6. The minimum Gasteiger partial charge on any atom is -0.462 e. The number of Topliss-reactive ketones (excluding diaryl/α,β-unsaturated/α-hetero) is 1. The molecule has 4 fully saturated rings. The maximum atomic E-state index is 13.2. The Kier molecular flexibility index (Phi) is 6.43. The Balaban J connectivity index is 1.41. The molecule has 0 aromatic rings. The van der Waals surface area contributed by atoms with Crippen LogP contribution in [0.4, 0.5) is 0 Å². The number of aliphatic hydroxyl groups excluding tert-OH is 2. The minimum atomic E-state index is -1.73. The molecule has 0 amide bonds. The van der Waals surface area contributed by atoms with Crippen molar-refractivity contribution in [2.24, 2.45) is 10.8 Å². The zero-order valence-electron chi connectivity index (χ0n) is 22.4. The molecule has 8 atom stereocenters. The second kappa shape index (κ2) is 9.34. The Labute approximate surface area is 226 Å². The van der Waals surface area contributed by atoms with Crippen LogP contribution in [0.2, 0.25) is 0 Å². The lowest BCUT2D eigenvalue weighted by atomic mass is 9.51. The van der Waals surface area contributed by atoms with E-state index in [-0.39, 0.29) is 44.7 Å². The molecule has 212 valence electrons. The molecule has 1 saturated carbocycles. The van der Waals surface area contributed by atoms with E-state index in [0.717, 1.165) is 6.42 Å². The fourth-order valence-corrected chi connectivity index (χ4v) is 7.92. The number of rotatable bonds is 2. The van der Waals surface area contributed by atoms with E-state index >= 15 is 0 Å². The third kappa shape index (κ3) is 3.75. The van der Waals surface area contributed by atoms with Crippen LogP contribution in [0.1, 0.15) is 52.4 Å². The molecule has 6 aliphatic rings. The lowest BCUT2D eigenvalue weighted by molar-refractivity contribution is -0.232. The summed E-state index contributed by atoms with van der Waals surface area (Å²) in [6.45, 7) is 3.88. The van der Waals surface area contributed by atoms with Crippen LogP contribution in [-0.2, 0) is 38.1 Å². The standard InChI is InChI=1S/C29H36O10/c1-17-6-9-27-15-35-24(33)12-18-7-10-36-28(25(18)34,19(31)14-30)8-4-3-5-23(32)39-20-13-22(38-21(27)11-17)29(16-37-29)26(20,27)2/h3,5,11-12,20-22,25,30,34H,4,6-10,13-16H2,1-2H3/b5-3-,18-12-/t20-,21-,22-,25-,26-,27-,28-,29+/m1/s1. The number of ketones is 1. The molecule has 3 saturated heterocycles. The highest BCUT2D eigenvalue weighted by atomic mass is 16.6. The number of epoxide rings is 1. The molecule has 39 heavy (non-hydrogen) atoms. The van der Waals surface area contributed by atoms with Crippen LogP contribution in [0.15, 0.2) is 35.5 Å². The molecule has 0 aromatic heterocycles. The fourth-order valence-electron chi connectivity index (χ4n) is 7.92. The Morgan fingerprint density at radius 1 is 1.10 bits per heavy atom. The SMILES string of the molecule is CC1=C[C@H]2O[C@@H]3C[C@H]4OC(=O)/C=C\CC[C@]5(C(=O)CO)OCC/C(=C/C(=O)OC[C@@]2(CC1)[C@]4(C)[C@]31CO1)[C@H]5O. The van der Waals surface area contributed by atoms with E-state index < -0.39 is 58.6 Å². The van der Waals surface area contributed by atoms with Crippen LogP contribution in [0.25, 0.3) is 0 Å². The largest absolute Gasteiger partial charge is 0.462 e. The minimum absolute atomic E-state index is 0.00815. The molecule has 4 heterocycles. The molecule has 0 aromatic carbocycles. The first kappa shape index (κ1) is 26.8. The number of carbonyl (C=O) groups is 3. The van der Waals surface area contributed by atoms with Crippen molar-refractivity contribution in [3.05, 3.63) is 35.5 Å². The Morgan fingerprint density at radius 3 is 2.64 bits per heavy atom. The molecule has 4 aliphatic heterocycles. The Morgan fingerprint density at radius 2 is 1.90 bits per heavy atom. The van der Waals surface area contributed by atoms with Gasteiger partial charge in [-0.05, 0) is 44.6 Å². The van der Waals surface area contributed by atoms with Gasteiger partial charge in [-0.2, -0.15) is 0 Å². The molecule has 4 bridgehead atoms. The van der Waals surface area contributed by atoms with E-state index in [2.05, 4.69) is 19.9 Å². The van der Waals surface area contributed by atoms with Crippen LogP contribution in [0, 0.1) is 10.8 Å². The van der Waals surface area contributed by atoms with Gasteiger partial charge in [-0.25, -0.2) is 9.59 Å². The van der Waals surface area contributed by atoms with Gasteiger partial charge < -0.3 is 33.9 Å². The predicted octanol–water partition coefficient (Wildman–Crippen LogP) is 1.47. The summed E-state index contributed by atoms with van der Waals surface area (Å²) >= 11 is 0. The van der Waals surface area contributed by atoms with Crippen molar-refractivity contribution < 1.29 is 48.3 Å². The van der Waals surface area contributed by atoms with E-state index in [1.165, 1.54) is 17.7 Å². The van der Waals surface area contributed by atoms with Crippen LogP contribution < -0.4 is 0 Å². The van der Waals surface area contributed by atoms with Crippen molar-refractivity contribution in [2.75, 3.05) is 26.4 Å². The maximum absolute atomic E-state index is 13.2. The highest BCUT2D eigenvalue weighted by Crippen LogP contribution is 2.72. The molecule has 10 heteroatoms. The van der Waals surface area contributed by atoms with Crippen molar-refractivity contribution in [1.82, 2.24) is 0 Å². The van der Waals surface area contributed by atoms with Crippen molar-refractivity contribution in [1.29, 1.82) is 0 Å². The summed E-state index contributed by atoms with van der Waals surface area (Å²) in [5, 5.41) is 20.8. The molecule has 2 N–H and O–H groups in total. The number of hydrogen-bond donors (Lipinski definition) is 2. The van der Waals surface area contributed by atoms with Crippen molar-refractivity contribution >= 4 is 17.7 Å². The van der Waals surface area contributed by atoms with Gasteiger partial charge in [0.15, 0.2) is 11.4 Å². The van der Waals surface area contributed by atoms with E-state index in [4.69, 9.17) is 23.7 Å². The summed E-state index contributed by atoms with van der Waals surface area (Å²) in [5.74, 6) is -1.87. The quantitative estimate of drug-likeness (QED) is 0.298. The third-order valence-corrected chi connectivity index (χ3v) is 10.3. The number of carbonyl (C=O) groups excluding carboxylic acids is 3. The van der Waals surface area contributed by atoms with E-state index in [9.17, 15) is 24.6 Å². The smallest absolute Gasteiger partial charge is 0.330 e. The lowest BCUT2D eigenvalue weighted by Gasteiger charge is -2.58. The summed E-state index contributed by atoms with van der Waals surface area (Å²) in [6, 6.07) is 0. The maximum Gasteiger partial charge on any atom is 0.330 e. The molecule has 0 radical (unpaired) electrons. The highest BCUT2D eigenvalue weighted by Gasteiger charge is 2.83. The number of fused-ring (bicyclic) bond motifs is 2. The van der Waals surface area contributed by atoms with Crippen molar-refractivity contribution in [3.8, 4) is 0 Å². The number of aliphatic hydroxyl groups is 2. The highest BCUT2D eigenvalue weighted by molar-refractivity contribution is 5.90. The van der Waals surface area contributed by atoms with Gasteiger partial charge in [0, 0.05) is 24.0 Å². The normalized spacial score (nSPS) is 47.7. The van der Waals surface area contributed by atoms with Gasteiger partial charge in [0.1, 0.15) is 31.0 Å². The van der Waals surface area contributed by atoms with Crippen LogP contribution in [-0.4, -0.2) is 90.0 Å². The van der Waals surface area contributed by atoms with Crippen LogP contribution in [0.5, 0.6) is 0 Å². The fraction of sp³-hybridized carbons (Fsp3) is 0.690. The lowest BCUT2D eigenvalue weighted by Crippen LogP contribution is -2.66. The van der Waals surface area contributed by atoms with Gasteiger partial charge in [-0.15, -0.1) is 0 Å². The van der Waals surface area contributed by atoms with Gasteiger partial charge in [-0.3, -0.25) is 4.79 Å². The van der Waals surface area contributed by atoms with Gasteiger partial charge in [-0.1, -0.05) is 24.6 Å². The number of ether oxygens (including phenoxy) is 5. The van der Waals surface area contributed by atoms with Gasteiger partial charge >= 0.3 is 11.9 Å². The first-order chi connectivity index (χ1) is 18.6. The topological polar surface area (TPSA) is 141 Å². The van der Waals surface area contributed by atoms with Gasteiger partial charge in [0.25, 0.3) is 0 Å².